The van der Waals surface area contributed by atoms with E-state index in [0.29, 0.717) is 17.4 Å². The van der Waals surface area contributed by atoms with Crippen LogP contribution in [0, 0.1) is 0 Å². The van der Waals surface area contributed by atoms with Crippen molar-refractivity contribution >= 4 is 17.9 Å². The van der Waals surface area contributed by atoms with Gasteiger partial charge in [0, 0.05) is 12.8 Å². The Labute approximate surface area is 470 Å². The molecule has 0 aromatic carbocycles. The third-order valence-electron chi connectivity index (χ3n) is 14.3. The Morgan fingerprint density at radius 2 is 0.711 bits per heavy atom. The molecule has 444 valence electrons. The Hall–Kier alpha value is -2.75. The molecule has 76 heavy (non-hydrogen) atoms. The fourth-order valence-electron chi connectivity index (χ4n) is 9.31. The molecule has 0 rings (SSSR count). The van der Waals surface area contributed by atoms with Crippen molar-refractivity contribution < 1.29 is 42.9 Å². The first-order valence-corrected chi connectivity index (χ1v) is 32.3. The molecule has 0 aliphatic carbocycles. The molecule has 9 nitrogen and oxygen atoms in total. The number of carbonyl (C=O) groups excluding carboxylic acids is 3. The first kappa shape index (κ1) is 73.2. The number of carbonyl (C=O) groups is 3. The molecule has 2 atom stereocenters. The number of carboxylic acid groups (broad SMARTS) is 1. The fraction of sp³-hybridized carbons (Fsp3) is 0.836. The Morgan fingerprint density at radius 3 is 1.05 bits per heavy atom. The van der Waals surface area contributed by atoms with Gasteiger partial charge in [-0.15, -0.1) is 0 Å². The molecule has 0 aromatic rings. The molecule has 0 aromatic heterocycles. The van der Waals surface area contributed by atoms with Crippen molar-refractivity contribution in [3.63, 3.8) is 0 Å². The van der Waals surface area contributed by atoms with E-state index in [1.807, 2.05) is 21.1 Å². The van der Waals surface area contributed by atoms with Gasteiger partial charge in [0.2, 0.25) is 0 Å². The third kappa shape index (κ3) is 58.9. The second-order valence-corrected chi connectivity index (χ2v) is 23.0. The van der Waals surface area contributed by atoms with Gasteiger partial charge in [0.15, 0.2) is 12.4 Å². The van der Waals surface area contributed by atoms with Gasteiger partial charge in [-0.3, -0.25) is 9.59 Å². The summed E-state index contributed by atoms with van der Waals surface area (Å²) in [5.74, 6) is -2.28. The maximum absolute atomic E-state index is 12.9. The Balaban J connectivity index is 4.08. The molecule has 0 amide bonds. The SMILES string of the molecule is CCCCCC/C=C\C/C=C\CCCCCCCCCC(=O)OCC(COC(OCC[N+](C)(C)C)C(=O)[O-])OC(=O)CCCCCCCCCCCCCCCCCCCCCCC/C=C\C/C=C\CCCCCCC. The van der Waals surface area contributed by atoms with Crippen molar-refractivity contribution in [2.45, 2.75) is 315 Å². The molecular formula is C67H123NO8. The van der Waals surface area contributed by atoms with Gasteiger partial charge >= 0.3 is 11.9 Å². The predicted octanol–water partition coefficient (Wildman–Crippen LogP) is 18.1. The van der Waals surface area contributed by atoms with Gasteiger partial charge < -0.3 is 33.3 Å². The first-order chi connectivity index (χ1) is 37.1. The number of ether oxygens (including phenoxy) is 4. The lowest BCUT2D eigenvalue weighted by molar-refractivity contribution is -0.870. The fourth-order valence-corrected chi connectivity index (χ4v) is 9.31. The number of nitrogens with zero attached hydrogens (tertiary/aromatic N) is 1. The van der Waals surface area contributed by atoms with Crippen molar-refractivity contribution in [2.24, 2.45) is 0 Å². The smallest absolute Gasteiger partial charge is 0.306 e. The van der Waals surface area contributed by atoms with Gasteiger partial charge in [-0.05, 0) is 77.0 Å². The van der Waals surface area contributed by atoms with Gasteiger partial charge in [0.1, 0.15) is 13.2 Å². The quantitative estimate of drug-likeness (QED) is 0.0195. The van der Waals surface area contributed by atoms with Crippen LogP contribution in [0.15, 0.2) is 48.6 Å². The molecule has 0 aliphatic heterocycles. The zero-order chi connectivity index (χ0) is 55.5. The van der Waals surface area contributed by atoms with Crippen LogP contribution >= 0.6 is 0 Å². The number of carboxylic acids is 1. The summed E-state index contributed by atoms with van der Waals surface area (Å²) in [6.07, 6.45) is 70.4. The molecule has 0 spiro atoms. The molecule has 0 aliphatic rings. The lowest BCUT2D eigenvalue weighted by Gasteiger charge is -2.26. The van der Waals surface area contributed by atoms with E-state index in [1.165, 1.54) is 212 Å². The molecule has 0 fully saturated rings. The zero-order valence-corrected chi connectivity index (χ0v) is 50.6. The summed E-state index contributed by atoms with van der Waals surface area (Å²) in [6.45, 7) is 4.75. The molecule has 0 bridgehead atoms. The summed E-state index contributed by atoms with van der Waals surface area (Å²) in [5.41, 5.74) is 0. The highest BCUT2D eigenvalue weighted by atomic mass is 16.7. The summed E-state index contributed by atoms with van der Waals surface area (Å²) in [6, 6.07) is 0. The topological polar surface area (TPSA) is 111 Å². The van der Waals surface area contributed by atoms with E-state index < -0.39 is 24.3 Å². The molecule has 0 radical (unpaired) electrons. The van der Waals surface area contributed by atoms with E-state index in [-0.39, 0.29) is 38.6 Å². The predicted molar refractivity (Wildman–Crippen MR) is 320 cm³/mol. The minimum absolute atomic E-state index is 0.147. The highest BCUT2D eigenvalue weighted by Crippen LogP contribution is 2.17. The molecular weight excluding hydrogens is 947 g/mol. The van der Waals surface area contributed by atoms with Crippen molar-refractivity contribution in [2.75, 3.05) is 47.5 Å². The highest BCUT2D eigenvalue weighted by molar-refractivity contribution is 5.70. The lowest BCUT2D eigenvalue weighted by Crippen LogP contribution is -2.44. The van der Waals surface area contributed by atoms with Crippen molar-refractivity contribution in [3.05, 3.63) is 48.6 Å². The van der Waals surface area contributed by atoms with E-state index >= 15 is 0 Å². The molecule has 9 heteroatoms. The summed E-state index contributed by atoms with van der Waals surface area (Å²) in [5, 5.41) is 11.8. The number of esters is 2. The minimum atomic E-state index is -1.62. The number of rotatable bonds is 60. The Kier molecular flexibility index (Phi) is 56.3. The Bertz CT molecular complexity index is 1380. The van der Waals surface area contributed by atoms with Crippen LogP contribution in [-0.4, -0.2) is 82.3 Å². The van der Waals surface area contributed by atoms with Crippen LogP contribution in [0.5, 0.6) is 0 Å². The molecule has 0 saturated carbocycles. The van der Waals surface area contributed by atoms with Crippen LogP contribution in [0.2, 0.25) is 0 Å². The summed E-state index contributed by atoms with van der Waals surface area (Å²) in [4.78, 5) is 37.3. The standard InChI is InChI=1S/C67H123NO8/c1-6-8-10-12-14-16-18-20-22-24-26-27-28-29-30-31-32-33-34-35-36-37-38-39-40-42-44-46-48-50-52-54-56-58-65(70)76-63(62-75-67(66(71)72)73-60-59-68(3,4)5)61-74-64(69)57-55-53-51-49-47-45-43-41-25-23-21-19-17-15-13-11-9-7-2/h17-20,23-26,63,67H,6-16,21-22,27-62H2,1-5H3/b19-17-,20-18-,25-23-,26-24-. The van der Waals surface area contributed by atoms with E-state index in [4.69, 9.17) is 18.9 Å². The van der Waals surface area contributed by atoms with Gasteiger partial charge in [-0.2, -0.15) is 0 Å². The normalized spacial score (nSPS) is 13.0. The zero-order valence-electron chi connectivity index (χ0n) is 50.6. The highest BCUT2D eigenvalue weighted by Gasteiger charge is 2.22. The first-order valence-electron chi connectivity index (χ1n) is 32.3. The van der Waals surface area contributed by atoms with E-state index in [9.17, 15) is 19.5 Å². The number of unbranched alkanes of at least 4 members (excludes halogenated alkanes) is 37. The second-order valence-electron chi connectivity index (χ2n) is 23.0. The summed E-state index contributed by atoms with van der Waals surface area (Å²) >= 11 is 0. The maximum Gasteiger partial charge on any atom is 0.306 e. The Morgan fingerprint density at radius 1 is 0.395 bits per heavy atom. The number of quaternary nitrogens is 1. The van der Waals surface area contributed by atoms with E-state index in [1.54, 1.807) is 0 Å². The number of allylic oxidation sites excluding steroid dienone is 8. The molecule has 2 unspecified atom stereocenters. The number of hydrogen-bond acceptors (Lipinski definition) is 8. The van der Waals surface area contributed by atoms with Crippen molar-refractivity contribution in [3.8, 4) is 0 Å². The molecule has 0 N–H and O–H groups in total. The number of likely N-dealkylation sites (N-methyl/N-ethyl adjacent to an activating group) is 1. The van der Waals surface area contributed by atoms with Crippen LogP contribution in [0.4, 0.5) is 0 Å². The van der Waals surface area contributed by atoms with Crippen molar-refractivity contribution in [1.82, 2.24) is 0 Å². The monoisotopic (exact) mass is 1070 g/mol. The average Bonchev–Trinajstić information content (AvgIpc) is 3.39. The van der Waals surface area contributed by atoms with E-state index in [2.05, 4.69) is 62.5 Å². The maximum atomic E-state index is 12.9. The van der Waals surface area contributed by atoms with Crippen LogP contribution in [0.1, 0.15) is 303 Å². The molecule has 0 heterocycles. The summed E-state index contributed by atoms with van der Waals surface area (Å²) < 4.78 is 22.7. The van der Waals surface area contributed by atoms with E-state index in [0.717, 1.165) is 57.8 Å². The largest absolute Gasteiger partial charge is 0.545 e. The van der Waals surface area contributed by atoms with Gasteiger partial charge in [-0.25, -0.2) is 0 Å². The van der Waals surface area contributed by atoms with Crippen LogP contribution in [0.3, 0.4) is 0 Å². The summed E-state index contributed by atoms with van der Waals surface area (Å²) in [7, 11) is 5.93. The number of hydrogen-bond donors (Lipinski definition) is 0. The van der Waals surface area contributed by atoms with Gasteiger partial charge in [0.05, 0.1) is 40.3 Å². The third-order valence-corrected chi connectivity index (χ3v) is 14.3. The average molecular weight is 1070 g/mol. The lowest BCUT2D eigenvalue weighted by atomic mass is 10.0. The second kappa shape index (κ2) is 58.4. The van der Waals surface area contributed by atoms with Crippen LogP contribution in [0.25, 0.3) is 0 Å². The van der Waals surface area contributed by atoms with Gasteiger partial charge in [-0.1, -0.05) is 262 Å². The van der Waals surface area contributed by atoms with Crippen LogP contribution in [-0.2, 0) is 33.3 Å². The minimum Gasteiger partial charge on any atom is -0.545 e. The van der Waals surface area contributed by atoms with Crippen LogP contribution < -0.4 is 5.11 Å². The number of aliphatic carboxylic acids is 1. The molecule has 0 saturated heterocycles. The van der Waals surface area contributed by atoms with Gasteiger partial charge in [0.25, 0.3) is 0 Å². The van der Waals surface area contributed by atoms with Crippen molar-refractivity contribution in [1.29, 1.82) is 0 Å².